The average molecular weight is 344 g/mol. The van der Waals surface area contributed by atoms with Crippen LogP contribution in [0.25, 0.3) is 0 Å². The zero-order valence-corrected chi connectivity index (χ0v) is 12.4. The normalized spacial score (nSPS) is 12.2. The van der Waals surface area contributed by atoms with Gasteiger partial charge in [-0.05, 0) is 24.3 Å². The molecule has 0 spiro atoms. The molecular weight excluding hydrogens is 331 g/mol. The Labute approximate surface area is 124 Å². The van der Waals surface area contributed by atoms with E-state index in [-0.39, 0.29) is 17.6 Å². The van der Waals surface area contributed by atoms with Crippen LogP contribution in [0.4, 0.5) is 10.1 Å². The number of nitrogens with two attached hydrogens (primary N) is 1. The van der Waals surface area contributed by atoms with Crippen LogP contribution in [-0.2, 0) is 0 Å². The minimum atomic E-state index is -0.429. The van der Waals surface area contributed by atoms with Crippen molar-refractivity contribution in [1.29, 1.82) is 0 Å². The van der Waals surface area contributed by atoms with Crippen LogP contribution in [-0.4, -0.2) is 6.54 Å². The Bertz CT molecular complexity index is 577. The van der Waals surface area contributed by atoms with Crippen LogP contribution in [0.1, 0.15) is 11.6 Å². The van der Waals surface area contributed by atoms with Gasteiger partial charge in [-0.3, -0.25) is 0 Å². The fourth-order valence-corrected chi connectivity index (χ4v) is 2.41. The molecule has 100 valence electrons. The van der Waals surface area contributed by atoms with Crippen molar-refractivity contribution in [3.8, 4) is 0 Å². The van der Waals surface area contributed by atoms with Crippen LogP contribution in [0.5, 0.6) is 0 Å². The second-order valence-electron chi connectivity index (χ2n) is 4.09. The van der Waals surface area contributed by atoms with E-state index in [0.717, 1.165) is 10.2 Å². The molecule has 0 aliphatic carbocycles. The molecular formula is C14H13BrClFN2. The van der Waals surface area contributed by atoms with Crippen LogP contribution in [0.2, 0.25) is 5.02 Å². The van der Waals surface area contributed by atoms with Gasteiger partial charge in [0.25, 0.3) is 0 Å². The van der Waals surface area contributed by atoms with Gasteiger partial charge in [-0.1, -0.05) is 45.7 Å². The zero-order chi connectivity index (χ0) is 13.8. The lowest BCUT2D eigenvalue weighted by Gasteiger charge is -2.19. The maximum absolute atomic E-state index is 14.0. The summed E-state index contributed by atoms with van der Waals surface area (Å²) in [6.07, 6.45) is 0. The Morgan fingerprint density at radius 3 is 2.68 bits per heavy atom. The lowest BCUT2D eigenvalue weighted by molar-refractivity contribution is 0.594. The fourth-order valence-electron chi connectivity index (χ4n) is 1.83. The number of nitrogens with one attached hydrogen (secondary N) is 1. The van der Waals surface area contributed by atoms with Crippen molar-refractivity contribution >= 4 is 33.2 Å². The molecule has 0 aliphatic rings. The van der Waals surface area contributed by atoms with E-state index in [1.807, 2.05) is 24.3 Å². The molecule has 1 unspecified atom stereocenters. The Balaban J connectivity index is 2.28. The second kappa shape index (κ2) is 6.37. The monoisotopic (exact) mass is 342 g/mol. The van der Waals surface area contributed by atoms with Gasteiger partial charge >= 0.3 is 0 Å². The molecule has 0 bridgehead atoms. The number of rotatable bonds is 4. The number of benzene rings is 2. The van der Waals surface area contributed by atoms with Crippen molar-refractivity contribution in [2.24, 2.45) is 5.73 Å². The molecule has 0 amide bonds. The highest BCUT2D eigenvalue weighted by atomic mass is 79.9. The Morgan fingerprint density at radius 1 is 1.26 bits per heavy atom. The van der Waals surface area contributed by atoms with E-state index >= 15 is 0 Å². The minimum absolute atomic E-state index is 0.104. The van der Waals surface area contributed by atoms with E-state index in [1.165, 1.54) is 6.07 Å². The summed E-state index contributed by atoms with van der Waals surface area (Å²) >= 11 is 9.18. The van der Waals surface area contributed by atoms with Crippen LogP contribution in [0.3, 0.4) is 0 Å². The average Bonchev–Trinajstić information content (AvgIpc) is 2.40. The molecule has 0 fully saturated rings. The molecule has 2 nitrogen and oxygen atoms in total. The molecule has 2 aromatic carbocycles. The van der Waals surface area contributed by atoms with Gasteiger partial charge in [-0.25, -0.2) is 4.39 Å². The summed E-state index contributed by atoms with van der Waals surface area (Å²) in [6.45, 7) is 0.268. The minimum Gasteiger partial charge on any atom is -0.377 e. The van der Waals surface area contributed by atoms with Gasteiger partial charge in [-0.2, -0.15) is 0 Å². The SMILES string of the molecule is NCC(Nc1cccc(Br)c1)c1cccc(Cl)c1F. The molecule has 0 heterocycles. The van der Waals surface area contributed by atoms with Crippen LogP contribution in [0.15, 0.2) is 46.9 Å². The van der Waals surface area contributed by atoms with Gasteiger partial charge < -0.3 is 11.1 Å². The van der Waals surface area contributed by atoms with Gasteiger partial charge in [0.05, 0.1) is 11.1 Å². The highest BCUT2D eigenvalue weighted by molar-refractivity contribution is 9.10. The first-order valence-corrected chi connectivity index (χ1v) is 6.95. The largest absolute Gasteiger partial charge is 0.377 e. The third-order valence-corrected chi connectivity index (χ3v) is 3.54. The van der Waals surface area contributed by atoms with Gasteiger partial charge in [0.1, 0.15) is 5.82 Å². The first kappa shape index (κ1) is 14.3. The first-order chi connectivity index (χ1) is 9.11. The molecule has 2 aromatic rings. The van der Waals surface area contributed by atoms with Gasteiger partial charge in [0.2, 0.25) is 0 Å². The Kier molecular flexibility index (Phi) is 4.80. The predicted octanol–water partition coefficient (Wildman–Crippen LogP) is 4.35. The van der Waals surface area contributed by atoms with E-state index in [4.69, 9.17) is 17.3 Å². The summed E-state index contributed by atoms with van der Waals surface area (Å²) in [4.78, 5) is 0. The van der Waals surface area contributed by atoms with E-state index in [0.29, 0.717) is 5.56 Å². The molecule has 0 aliphatic heterocycles. The lowest BCUT2D eigenvalue weighted by Crippen LogP contribution is -2.21. The van der Waals surface area contributed by atoms with E-state index < -0.39 is 5.82 Å². The van der Waals surface area contributed by atoms with Crippen LogP contribution in [0, 0.1) is 5.82 Å². The van der Waals surface area contributed by atoms with Crippen molar-refractivity contribution in [3.05, 3.63) is 63.3 Å². The molecule has 19 heavy (non-hydrogen) atoms. The summed E-state index contributed by atoms with van der Waals surface area (Å²) in [6, 6.07) is 12.2. The highest BCUT2D eigenvalue weighted by Gasteiger charge is 2.16. The van der Waals surface area contributed by atoms with Gasteiger partial charge in [0.15, 0.2) is 0 Å². The standard InChI is InChI=1S/C14H13BrClFN2/c15-9-3-1-4-10(7-9)19-13(8-18)11-5-2-6-12(16)14(11)17/h1-7,13,19H,8,18H2. The van der Waals surface area contributed by atoms with Crippen molar-refractivity contribution in [3.63, 3.8) is 0 Å². The summed E-state index contributed by atoms with van der Waals surface area (Å²) in [5.41, 5.74) is 7.06. The summed E-state index contributed by atoms with van der Waals surface area (Å²) < 4.78 is 14.9. The smallest absolute Gasteiger partial charge is 0.147 e. The molecule has 1 atom stereocenters. The Morgan fingerprint density at radius 2 is 2.00 bits per heavy atom. The van der Waals surface area contributed by atoms with Crippen molar-refractivity contribution in [2.75, 3.05) is 11.9 Å². The van der Waals surface area contributed by atoms with E-state index in [2.05, 4.69) is 21.2 Å². The molecule has 2 rings (SSSR count). The topological polar surface area (TPSA) is 38.0 Å². The summed E-state index contributed by atoms with van der Waals surface area (Å²) in [5, 5.41) is 3.30. The maximum Gasteiger partial charge on any atom is 0.147 e. The number of hydrogen-bond donors (Lipinski definition) is 2. The molecule has 0 aromatic heterocycles. The zero-order valence-electron chi connectivity index (χ0n) is 10.0. The van der Waals surface area contributed by atoms with Crippen molar-refractivity contribution < 1.29 is 4.39 Å². The second-order valence-corrected chi connectivity index (χ2v) is 5.41. The maximum atomic E-state index is 14.0. The Hall–Kier alpha value is -1.10. The summed E-state index contributed by atoms with van der Waals surface area (Å²) in [7, 11) is 0. The number of anilines is 1. The molecule has 3 N–H and O–H groups in total. The van der Waals surface area contributed by atoms with E-state index in [1.54, 1.807) is 12.1 Å². The molecule has 0 saturated carbocycles. The fraction of sp³-hybridized carbons (Fsp3) is 0.143. The molecule has 0 radical (unpaired) electrons. The number of halogens is 3. The third-order valence-electron chi connectivity index (χ3n) is 2.76. The van der Waals surface area contributed by atoms with Crippen LogP contribution < -0.4 is 11.1 Å². The molecule has 5 heteroatoms. The van der Waals surface area contributed by atoms with Crippen molar-refractivity contribution in [2.45, 2.75) is 6.04 Å². The first-order valence-electron chi connectivity index (χ1n) is 5.78. The highest BCUT2D eigenvalue weighted by Crippen LogP contribution is 2.26. The summed E-state index contributed by atoms with van der Waals surface area (Å²) in [5.74, 6) is -0.429. The van der Waals surface area contributed by atoms with Gasteiger partial charge in [0, 0.05) is 22.3 Å². The van der Waals surface area contributed by atoms with Gasteiger partial charge in [-0.15, -0.1) is 0 Å². The van der Waals surface area contributed by atoms with Crippen molar-refractivity contribution in [1.82, 2.24) is 0 Å². The lowest BCUT2D eigenvalue weighted by atomic mass is 10.1. The number of hydrogen-bond acceptors (Lipinski definition) is 2. The quantitative estimate of drug-likeness (QED) is 0.866. The van der Waals surface area contributed by atoms with E-state index in [9.17, 15) is 4.39 Å². The predicted molar refractivity (Wildman–Crippen MR) is 81.0 cm³/mol. The molecule has 0 saturated heterocycles. The van der Waals surface area contributed by atoms with Crippen LogP contribution >= 0.6 is 27.5 Å². The third kappa shape index (κ3) is 3.47.